The second-order valence-electron chi connectivity index (χ2n) is 7.56. The number of benzene rings is 3. The minimum Gasteiger partial charge on any atom is -0.350 e. The third kappa shape index (κ3) is 6.17. The molecule has 3 aromatic rings. The number of halogens is 1. The third-order valence-electron chi connectivity index (χ3n) is 5.06. The normalized spacial score (nSPS) is 12.5. The lowest BCUT2D eigenvalue weighted by Gasteiger charge is -2.25. The van der Waals surface area contributed by atoms with Crippen molar-refractivity contribution in [2.45, 2.75) is 17.5 Å². The van der Waals surface area contributed by atoms with Gasteiger partial charge in [-0.1, -0.05) is 72.3 Å². The lowest BCUT2D eigenvalue weighted by Crippen LogP contribution is -2.34. The average molecular weight is 472 g/mol. The summed E-state index contributed by atoms with van der Waals surface area (Å²) in [5.41, 5.74) is 2.11. The number of hydrogen-bond acceptors (Lipinski definition) is 4. The molecule has 3 aromatic carbocycles. The number of hydrogen-bond donors (Lipinski definition) is 2. The van der Waals surface area contributed by atoms with Gasteiger partial charge in [0.2, 0.25) is 10.0 Å². The molecule has 0 radical (unpaired) electrons. The molecule has 1 amide bonds. The van der Waals surface area contributed by atoms with Crippen LogP contribution in [0.2, 0.25) is 5.02 Å². The van der Waals surface area contributed by atoms with Gasteiger partial charge in [-0.15, -0.1) is 0 Å². The summed E-state index contributed by atoms with van der Waals surface area (Å²) in [5.74, 6) is -0.371. The quantitative estimate of drug-likeness (QED) is 0.497. The van der Waals surface area contributed by atoms with Crippen molar-refractivity contribution in [3.05, 3.63) is 101 Å². The molecule has 0 aliphatic carbocycles. The van der Waals surface area contributed by atoms with Crippen LogP contribution in [0.25, 0.3) is 0 Å². The van der Waals surface area contributed by atoms with E-state index in [1.54, 1.807) is 0 Å². The van der Waals surface area contributed by atoms with Crippen LogP contribution in [-0.2, 0) is 16.6 Å². The van der Waals surface area contributed by atoms with E-state index in [0.717, 1.165) is 11.1 Å². The molecule has 32 heavy (non-hydrogen) atoms. The number of likely N-dealkylation sites (N-methyl/N-ethyl adjacent to an activating group) is 1. The molecular weight excluding hydrogens is 446 g/mol. The minimum atomic E-state index is -3.90. The van der Waals surface area contributed by atoms with E-state index in [4.69, 9.17) is 11.6 Å². The second-order valence-corrected chi connectivity index (χ2v) is 9.70. The van der Waals surface area contributed by atoms with Crippen molar-refractivity contribution >= 4 is 27.5 Å². The number of amides is 1. The maximum absolute atomic E-state index is 12.8. The molecule has 168 valence electrons. The molecule has 8 heteroatoms. The minimum absolute atomic E-state index is 0.0248. The van der Waals surface area contributed by atoms with E-state index >= 15 is 0 Å². The SMILES string of the molecule is CN(C)[C@@H](CNC(=O)c1ccc(Cl)c(S(=O)(=O)NCc2ccccc2)c1)c1ccccc1. The first-order valence-electron chi connectivity index (χ1n) is 10.1. The fourth-order valence-corrected chi connectivity index (χ4v) is 4.81. The van der Waals surface area contributed by atoms with E-state index in [1.807, 2.05) is 79.7 Å². The molecule has 2 N–H and O–H groups in total. The Morgan fingerprint density at radius 1 is 0.969 bits per heavy atom. The number of carbonyl (C=O) groups excluding carboxylic acids is 1. The molecule has 0 aromatic heterocycles. The number of rotatable bonds is 9. The van der Waals surface area contributed by atoms with E-state index in [0.29, 0.717) is 6.54 Å². The fraction of sp³-hybridized carbons (Fsp3) is 0.208. The largest absolute Gasteiger partial charge is 0.350 e. The molecule has 0 saturated heterocycles. The Balaban J connectivity index is 1.73. The highest BCUT2D eigenvalue weighted by Crippen LogP contribution is 2.23. The highest BCUT2D eigenvalue weighted by Gasteiger charge is 2.21. The van der Waals surface area contributed by atoms with E-state index in [2.05, 4.69) is 10.0 Å². The van der Waals surface area contributed by atoms with Crippen molar-refractivity contribution in [2.75, 3.05) is 20.6 Å². The van der Waals surface area contributed by atoms with Gasteiger partial charge in [0, 0.05) is 18.7 Å². The maximum atomic E-state index is 12.8. The third-order valence-corrected chi connectivity index (χ3v) is 6.94. The van der Waals surface area contributed by atoms with Gasteiger partial charge < -0.3 is 10.2 Å². The first-order chi connectivity index (χ1) is 15.3. The van der Waals surface area contributed by atoms with Crippen LogP contribution in [0.5, 0.6) is 0 Å². The molecule has 0 aliphatic heterocycles. The van der Waals surface area contributed by atoms with Crippen molar-refractivity contribution in [2.24, 2.45) is 0 Å². The zero-order chi connectivity index (χ0) is 23.1. The van der Waals surface area contributed by atoms with Crippen molar-refractivity contribution < 1.29 is 13.2 Å². The molecule has 0 unspecified atom stereocenters. The summed E-state index contributed by atoms with van der Waals surface area (Å²) in [6, 6.07) is 23.2. The van der Waals surface area contributed by atoms with Gasteiger partial charge in [0.25, 0.3) is 5.91 Å². The summed E-state index contributed by atoms with van der Waals surface area (Å²) in [4.78, 5) is 14.7. The van der Waals surface area contributed by atoms with Gasteiger partial charge in [-0.2, -0.15) is 0 Å². The molecule has 0 bridgehead atoms. The van der Waals surface area contributed by atoms with E-state index in [9.17, 15) is 13.2 Å². The van der Waals surface area contributed by atoms with Crippen molar-refractivity contribution in [1.29, 1.82) is 0 Å². The van der Waals surface area contributed by atoms with Crippen LogP contribution in [0.4, 0.5) is 0 Å². The van der Waals surface area contributed by atoms with Gasteiger partial charge in [0.15, 0.2) is 0 Å². The van der Waals surface area contributed by atoms with Crippen LogP contribution in [0.15, 0.2) is 83.8 Å². The van der Waals surface area contributed by atoms with Crippen LogP contribution in [0.3, 0.4) is 0 Å². The molecule has 0 heterocycles. The Hall–Kier alpha value is -2.71. The second kappa shape index (κ2) is 10.7. The molecule has 1 atom stereocenters. The highest BCUT2D eigenvalue weighted by atomic mass is 35.5. The Morgan fingerprint density at radius 2 is 1.59 bits per heavy atom. The zero-order valence-corrected chi connectivity index (χ0v) is 19.5. The van der Waals surface area contributed by atoms with Gasteiger partial charge in [0.05, 0.1) is 11.1 Å². The number of carbonyl (C=O) groups is 1. The van der Waals surface area contributed by atoms with Gasteiger partial charge in [-0.05, 0) is 43.4 Å². The van der Waals surface area contributed by atoms with Crippen molar-refractivity contribution in [3.63, 3.8) is 0 Å². The smallest absolute Gasteiger partial charge is 0.251 e. The Kier molecular flexibility index (Phi) is 8.04. The summed E-state index contributed by atoms with van der Waals surface area (Å²) in [7, 11) is -0.0237. The van der Waals surface area contributed by atoms with Crippen LogP contribution in [0, 0.1) is 0 Å². The molecule has 0 aliphatic rings. The number of nitrogens with zero attached hydrogens (tertiary/aromatic N) is 1. The van der Waals surface area contributed by atoms with Crippen LogP contribution < -0.4 is 10.0 Å². The number of nitrogens with one attached hydrogen (secondary N) is 2. The molecule has 0 spiro atoms. The van der Waals surface area contributed by atoms with E-state index in [-0.39, 0.29) is 34.0 Å². The lowest BCUT2D eigenvalue weighted by atomic mass is 10.1. The maximum Gasteiger partial charge on any atom is 0.251 e. The summed E-state index contributed by atoms with van der Waals surface area (Å²) >= 11 is 6.16. The van der Waals surface area contributed by atoms with Gasteiger partial charge in [-0.3, -0.25) is 4.79 Å². The summed E-state index contributed by atoms with van der Waals surface area (Å²) in [6.45, 7) is 0.490. The molecule has 0 saturated carbocycles. The fourth-order valence-electron chi connectivity index (χ4n) is 3.27. The monoisotopic (exact) mass is 471 g/mol. The number of sulfonamides is 1. The van der Waals surface area contributed by atoms with Crippen LogP contribution in [-0.4, -0.2) is 39.9 Å². The summed E-state index contributed by atoms with van der Waals surface area (Å²) in [5, 5.41) is 2.95. The topological polar surface area (TPSA) is 78.5 Å². The Labute approximate surface area is 194 Å². The first-order valence-corrected chi connectivity index (χ1v) is 12.0. The molecule has 0 fully saturated rings. The predicted octanol–water partition coefficient (Wildman–Crippen LogP) is 3.85. The first kappa shape index (κ1) is 23.9. The van der Waals surface area contributed by atoms with Gasteiger partial charge in [-0.25, -0.2) is 13.1 Å². The van der Waals surface area contributed by atoms with Gasteiger partial charge in [0.1, 0.15) is 4.90 Å². The van der Waals surface area contributed by atoms with Crippen LogP contribution >= 0.6 is 11.6 Å². The predicted molar refractivity (Wildman–Crippen MR) is 127 cm³/mol. The zero-order valence-electron chi connectivity index (χ0n) is 18.0. The van der Waals surface area contributed by atoms with Gasteiger partial charge >= 0.3 is 0 Å². The lowest BCUT2D eigenvalue weighted by molar-refractivity contribution is 0.0941. The van der Waals surface area contributed by atoms with E-state index < -0.39 is 10.0 Å². The van der Waals surface area contributed by atoms with Crippen molar-refractivity contribution in [3.8, 4) is 0 Å². The Bertz CT molecular complexity index is 1150. The Morgan fingerprint density at radius 3 is 2.22 bits per heavy atom. The molecule has 3 rings (SSSR count). The molecular formula is C24H26ClN3O3S. The average Bonchev–Trinajstić information content (AvgIpc) is 2.79. The highest BCUT2D eigenvalue weighted by molar-refractivity contribution is 7.89. The summed E-state index contributed by atoms with van der Waals surface area (Å²) in [6.07, 6.45) is 0. The summed E-state index contributed by atoms with van der Waals surface area (Å²) < 4.78 is 28.1. The van der Waals surface area contributed by atoms with Crippen molar-refractivity contribution in [1.82, 2.24) is 14.9 Å². The molecule has 6 nitrogen and oxygen atoms in total. The van der Waals surface area contributed by atoms with Crippen LogP contribution in [0.1, 0.15) is 27.5 Å². The van der Waals surface area contributed by atoms with E-state index in [1.165, 1.54) is 18.2 Å². The standard InChI is InChI=1S/C24H26ClN3O3S/c1-28(2)22(19-11-7-4-8-12-19)17-26-24(29)20-13-14-21(25)23(15-20)32(30,31)27-16-18-9-5-3-6-10-18/h3-15,22,27H,16-17H2,1-2H3,(H,26,29)/t22-/m0/s1.